The summed E-state index contributed by atoms with van der Waals surface area (Å²) in [5, 5.41) is 6.21. The maximum Gasteiger partial charge on any atom is 0.495 e. The molecule has 6 aromatic rings. The van der Waals surface area contributed by atoms with Gasteiger partial charge in [0.25, 0.3) is 0 Å². The van der Waals surface area contributed by atoms with Crippen LogP contribution in [0.1, 0.15) is 96.3 Å². The first-order valence-corrected chi connectivity index (χ1v) is 24.3. The molecule has 0 radical (unpaired) electrons. The number of aromatic nitrogens is 3. The average molecular weight is 890 g/mol. The van der Waals surface area contributed by atoms with Crippen LogP contribution in [0, 0.1) is 12.8 Å². The first kappa shape index (κ1) is 45.8. The van der Waals surface area contributed by atoms with Gasteiger partial charge in [0, 0.05) is 50.7 Å². The van der Waals surface area contributed by atoms with Gasteiger partial charge in [0.1, 0.15) is 24.7 Å². The zero-order valence-electron chi connectivity index (χ0n) is 40.2. The smallest absolute Gasteiger partial charge is 0.490 e. The van der Waals surface area contributed by atoms with Crippen molar-refractivity contribution < 1.29 is 23.5 Å². The van der Waals surface area contributed by atoms with Gasteiger partial charge in [-0.05, 0) is 120 Å². The van der Waals surface area contributed by atoms with Crippen molar-refractivity contribution in [2.45, 2.75) is 123 Å². The first-order chi connectivity index (χ1) is 31.9. The summed E-state index contributed by atoms with van der Waals surface area (Å²) in [7, 11) is 1.67. The third-order valence-corrected chi connectivity index (χ3v) is 14.8. The Balaban J connectivity index is 0.776. The molecule has 0 spiro atoms. The van der Waals surface area contributed by atoms with Crippen LogP contribution in [0.15, 0.2) is 109 Å². The van der Waals surface area contributed by atoms with E-state index in [4.69, 9.17) is 33.6 Å². The van der Waals surface area contributed by atoms with Gasteiger partial charge in [0.15, 0.2) is 0 Å². The highest BCUT2D eigenvalue weighted by atomic mass is 16.7. The molecule has 1 atom stereocenters. The van der Waals surface area contributed by atoms with Crippen molar-refractivity contribution in [2.75, 3.05) is 31.1 Å². The molecule has 0 N–H and O–H groups in total. The van der Waals surface area contributed by atoms with Gasteiger partial charge in [-0.1, -0.05) is 97.8 Å². The molecule has 2 aliphatic heterocycles. The van der Waals surface area contributed by atoms with Crippen molar-refractivity contribution in [3.8, 4) is 28.8 Å². The number of rotatable bonds is 16. The number of hydrogen-bond donors (Lipinski definition) is 0. The SMILES string of the molecule is Cc1c(OC2CCC(CCC[C@@H](C)N3CCN(c4cccc5c(-c6ccc(OCc7ccccc7)nc6OCc6ccccc6)nn(C)c45)CC3)CC2)cccc1B1OC(C)(C)C(C)(C)O1. The number of hydrogen-bond acceptors (Lipinski definition) is 9. The lowest BCUT2D eigenvalue weighted by molar-refractivity contribution is 0.00578. The summed E-state index contributed by atoms with van der Waals surface area (Å²) in [4.78, 5) is 10.1. The quantitative estimate of drug-likeness (QED) is 0.0882. The van der Waals surface area contributed by atoms with Gasteiger partial charge in [-0.2, -0.15) is 10.1 Å². The number of ether oxygens (including phenoxy) is 3. The van der Waals surface area contributed by atoms with Gasteiger partial charge in [0.05, 0.1) is 34.1 Å². The van der Waals surface area contributed by atoms with E-state index < -0.39 is 0 Å². The van der Waals surface area contributed by atoms with Crippen molar-refractivity contribution in [2.24, 2.45) is 13.0 Å². The molecule has 66 heavy (non-hydrogen) atoms. The predicted molar refractivity (Wildman–Crippen MR) is 266 cm³/mol. The fourth-order valence-electron chi connectivity index (χ4n) is 10.0. The van der Waals surface area contributed by atoms with Crippen LogP contribution in [0.3, 0.4) is 0 Å². The molecule has 346 valence electrons. The lowest BCUT2D eigenvalue weighted by atomic mass is 9.76. The number of aryl methyl sites for hydroxylation is 1. The number of para-hydroxylation sites is 1. The summed E-state index contributed by atoms with van der Waals surface area (Å²) < 4.78 is 34.1. The Morgan fingerprint density at radius 3 is 2.08 bits per heavy atom. The standard InChI is InChI=1S/C55H68BN5O5/c1-39(17-14-22-41-27-29-44(30-28-41)64-49-26-16-24-47(40(49)2)56-65-54(3,4)55(5,6)66-56)60-33-35-61(36-34-60)48-25-15-23-45-51(58-59(7)52(45)48)46-31-32-50(62-37-42-18-10-8-11-19-42)57-53(46)63-38-43-20-12-9-13-21-43/h8-13,15-16,18-21,23-26,31-32,39,41,44H,14,17,22,27-30,33-38H2,1-7H3/t39-,41?,44?/m1/s1. The van der Waals surface area contributed by atoms with Gasteiger partial charge in [-0.25, -0.2) is 0 Å². The van der Waals surface area contributed by atoms with E-state index in [1.54, 1.807) is 0 Å². The minimum absolute atomic E-state index is 0.262. The third kappa shape index (κ3) is 10.1. The minimum Gasteiger partial charge on any atom is -0.490 e. The van der Waals surface area contributed by atoms with Crippen LogP contribution in [0.25, 0.3) is 22.2 Å². The molecule has 4 aromatic carbocycles. The monoisotopic (exact) mass is 890 g/mol. The largest absolute Gasteiger partial charge is 0.495 e. The molecule has 9 rings (SSSR count). The molecule has 4 heterocycles. The summed E-state index contributed by atoms with van der Waals surface area (Å²) in [5.74, 6) is 2.76. The van der Waals surface area contributed by atoms with E-state index in [0.717, 1.165) is 95.0 Å². The van der Waals surface area contributed by atoms with Crippen molar-refractivity contribution in [1.29, 1.82) is 0 Å². The number of piperazine rings is 1. The summed E-state index contributed by atoms with van der Waals surface area (Å²) >= 11 is 0. The summed E-state index contributed by atoms with van der Waals surface area (Å²) in [6.07, 6.45) is 8.78. The second-order valence-electron chi connectivity index (χ2n) is 19.8. The maximum atomic E-state index is 6.67. The second-order valence-corrected chi connectivity index (χ2v) is 19.8. The van der Waals surface area contributed by atoms with Crippen LogP contribution in [-0.2, 0) is 29.6 Å². The second kappa shape index (κ2) is 19.9. The molecule has 10 nitrogen and oxygen atoms in total. The van der Waals surface area contributed by atoms with Gasteiger partial charge in [-0.3, -0.25) is 9.58 Å². The average Bonchev–Trinajstić information content (AvgIpc) is 3.78. The van der Waals surface area contributed by atoms with E-state index in [9.17, 15) is 0 Å². The summed E-state index contributed by atoms with van der Waals surface area (Å²) in [6, 6.07) is 37.7. The van der Waals surface area contributed by atoms with Gasteiger partial charge >= 0.3 is 7.12 Å². The van der Waals surface area contributed by atoms with Crippen molar-refractivity contribution in [1.82, 2.24) is 19.7 Å². The van der Waals surface area contributed by atoms with E-state index in [0.29, 0.717) is 31.0 Å². The Kier molecular flexibility index (Phi) is 13.8. The Morgan fingerprint density at radius 2 is 1.39 bits per heavy atom. The first-order valence-electron chi connectivity index (χ1n) is 24.3. The molecular weight excluding hydrogens is 821 g/mol. The van der Waals surface area contributed by atoms with E-state index in [2.05, 4.69) is 112 Å². The van der Waals surface area contributed by atoms with Crippen molar-refractivity contribution in [3.05, 3.63) is 126 Å². The third-order valence-electron chi connectivity index (χ3n) is 14.8. The fraction of sp³-hybridized carbons (Fsp3) is 0.455. The van der Waals surface area contributed by atoms with Crippen LogP contribution < -0.4 is 24.6 Å². The Hall–Kier alpha value is -5.36. The highest BCUT2D eigenvalue weighted by Crippen LogP contribution is 2.40. The number of benzene rings is 4. The van der Waals surface area contributed by atoms with Crippen LogP contribution >= 0.6 is 0 Å². The van der Waals surface area contributed by atoms with E-state index in [1.165, 1.54) is 37.8 Å². The Labute approximate surface area is 392 Å². The number of nitrogens with zero attached hydrogens (tertiary/aromatic N) is 5. The number of fused-ring (bicyclic) bond motifs is 1. The molecule has 0 bridgehead atoms. The molecule has 3 fully saturated rings. The lowest BCUT2D eigenvalue weighted by Crippen LogP contribution is -2.49. The normalized spacial score (nSPS) is 20.1. The minimum atomic E-state index is -0.377. The highest BCUT2D eigenvalue weighted by Gasteiger charge is 2.52. The fourth-order valence-corrected chi connectivity index (χ4v) is 10.0. The number of anilines is 1. The highest BCUT2D eigenvalue weighted by molar-refractivity contribution is 6.62. The topological polar surface area (TPSA) is 83.3 Å². The Bertz CT molecular complexity index is 2530. The van der Waals surface area contributed by atoms with Crippen molar-refractivity contribution >= 4 is 29.2 Å². The van der Waals surface area contributed by atoms with E-state index >= 15 is 0 Å². The lowest BCUT2D eigenvalue weighted by Gasteiger charge is -2.39. The van der Waals surface area contributed by atoms with Gasteiger partial charge in [0.2, 0.25) is 11.8 Å². The van der Waals surface area contributed by atoms with Crippen LogP contribution in [0.4, 0.5) is 5.69 Å². The van der Waals surface area contributed by atoms with Crippen LogP contribution in [0.2, 0.25) is 0 Å². The van der Waals surface area contributed by atoms with Crippen LogP contribution in [-0.4, -0.2) is 76.3 Å². The zero-order valence-corrected chi connectivity index (χ0v) is 40.2. The van der Waals surface area contributed by atoms with Gasteiger partial charge in [-0.15, -0.1) is 0 Å². The molecule has 1 aliphatic carbocycles. The zero-order chi connectivity index (χ0) is 45.8. The predicted octanol–water partition coefficient (Wildman–Crippen LogP) is 10.7. The molecule has 11 heteroatoms. The molecule has 1 saturated carbocycles. The van der Waals surface area contributed by atoms with Crippen molar-refractivity contribution in [3.63, 3.8) is 0 Å². The van der Waals surface area contributed by atoms with Gasteiger partial charge < -0.3 is 28.4 Å². The maximum absolute atomic E-state index is 6.67. The molecular formula is C55H68BN5O5. The number of pyridine rings is 1. The van der Waals surface area contributed by atoms with E-state index in [1.807, 2.05) is 60.3 Å². The Morgan fingerprint density at radius 1 is 0.742 bits per heavy atom. The van der Waals surface area contributed by atoms with E-state index in [-0.39, 0.29) is 24.4 Å². The van der Waals surface area contributed by atoms with Crippen LogP contribution in [0.5, 0.6) is 17.5 Å². The molecule has 0 amide bonds. The summed E-state index contributed by atoms with van der Waals surface area (Å²) in [5.41, 5.74) is 7.64. The summed E-state index contributed by atoms with van der Waals surface area (Å²) in [6.45, 7) is 17.9. The molecule has 0 unspecified atom stereocenters. The molecule has 2 aromatic heterocycles. The molecule has 3 aliphatic rings. The molecule has 2 saturated heterocycles.